The van der Waals surface area contributed by atoms with Crippen LogP contribution in [0.2, 0.25) is 0 Å². The molecule has 1 aromatic rings. The van der Waals surface area contributed by atoms with Gasteiger partial charge in [0.15, 0.2) is 0 Å². The number of halogens is 4. The summed E-state index contributed by atoms with van der Waals surface area (Å²) in [6.45, 7) is 0. The van der Waals surface area contributed by atoms with Gasteiger partial charge in [-0.05, 0) is 96.4 Å². The Balaban J connectivity index is 3.14. The molecule has 0 unspecified atom stereocenters. The maximum absolute atomic E-state index is 2.44. The number of hydrogen-bond acceptors (Lipinski definition) is 0. The zero-order valence-corrected chi connectivity index (χ0v) is 14.0. The van der Waals surface area contributed by atoms with E-state index < -0.39 is 0 Å². The van der Waals surface area contributed by atoms with Crippen LogP contribution in [-0.4, -0.2) is 0 Å². The second kappa shape index (κ2) is 4.58. The maximum atomic E-state index is 2.44. The summed E-state index contributed by atoms with van der Waals surface area (Å²) in [6.07, 6.45) is 0. The third-order valence-electron chi connectivity index (χ3n) is 1.18. The Bertz CT molecular complexity index is 251. The van der Waals surface area contributed by atoms with Gasteiger partial charge in [0.25, 0.3) is 0 Å². The van der Waals surface area contributed by atoms with Crippen LogP contribution in [0.5, 0.6) is 0 Å². The minimum Gasteiger partial charge on any atom is -0.0618 e. The van der Waals surface area contributed by atoms with Gasteiger partial charge in [-0.3, -0.25) is 0 Å². The van der Waals surface area contributed by atoms with Crippen molar-refractivity contribution in [2.45, 2.75) is -0.565 Å². The Morgan fingerprint density at radius 3 is 1.91 bits per heavy atom. The standard InChI is InChI=1S/C7H4I4/c8-6-4-2-1-3-5(6)7(9,10)11/h1-4H. The van der Waals surface area contributed by atoms with Crippen molar-refractivity contribution < 1.29 is 0 Å². The van der Waals surface area contributed by atoms with Crippen molar-refractivity contribution in [3.63, 3.8) is 0 Å². The molecule has 0 N–H and O–H groups in total. The average molecular weight is 596 g/mol. The highest BCUT2D eigenvalue weighted by molar-refractivity contribution is 14.3. The van der Waals surface area contributed by atoms with Crippen LogP contribution in [0.4, 0.5) is 0 Å². The molecule has 0 spiro atoms. The van der Waals surface area contributed by atoms with E-state index in [2.05, 4.69) is 115 Å². The molecule has 0 atom stereocenters. The third-order valence-corrected chi connectivity index (χ3v) is 3.86. The molecule has 0 bridgehead atoms. The molecule has 0 saturated carbocycles. The van der Waals surface area contributed by atoms with Crippen LogP contribution in [0.3, 0.4) is 0 Å². The molecule has 0 aliphatic carbocycles. The molecule has 4 heteroatoms. The summed E-state index contributed by atoms with van der Waals surface area (Å²) in [7, 11) is 0. The number of benzene rings is 1. The number of rotatable bonds is 1. The molecule has 0 fully saturated rings. The van der Waals surface area contributed by atoms with Crippen molar-refractivity contribution >= 4 is 90.4 Å². The zero-order valence-electron chi connectivity index (χ0n) is 5.32. The van der Waals surface area contributed by atoms with E-state index in [1.165, 1.54) is 9.13 Å². The fourth-order valence-electron chi connectivity index (χ4n) is 0.691. The predicted octanol–water partition coefficient (Wildman–Crippen LogP) is 4.71. The van der Waals surface area contributed by atoms with Crippen molar-refractivity contribution in [3.8, 4) is 0 Å². The van der Waals surface area contributed by atoms with Crippen molar-refractivity contribution in [1.29, 1.82) is 0 Å². The lowest BCUT2D eigenvalue weighted by molar-refractivity contribution is 1.39. The summed E-state index contributed by atoms with van der Waals surface area (Å²) >= 11 is 9.68. The third kappa shape index (κ3) is 3.41. The Hall–Kier alpha value is 2.14. The number of hydrogen-bond donors (Lipinski definition) is 0. The van der Waals surface area contributed by atoms with Gasteiger partial charge in [-0.25, -0.2) is 0 Å². The van der Waals surface area contributed by atoms with Crippen LogP contribution in [0.15, 0.2) is 24.3 Å². The van der Waals surface area contributed by atoms with Gasteiger partial charge < -0.3 is 0 Å². The van der Waals surface area contributed by atoms with Crippen LogP contribution in [0.1, 0.15) is 5.56 Å². The van der Waals surface area contributed by atoms with Crippen molar-refractivity contribution in [1.82, 2.24) is 0 Å². The van der Waals surface area contributed by atoms with Crippen molar-refractivity contribution in [3.05, 3.63) is 33.4 Å². The summed E-state index contributed by atoms with van der Waals surface area (Å²) < 4.78 is 1.52. The first-order valence-corrected chi connectivity index (χ1v) is 7.15. The Morgan fingerprint density at radius 2 is 1.55 bits per heavy atom. The second-order valence-corrected chi connectivity index (χ2v) is 14.2. The van der Waals surface area contributed by atoms with Gasteiger partial charge in [-0.2, -0.15) is 0 Å². The molecular formula is C7H4I4. The first-order valence-electron chi connectivity index (χ1n) is 2.83. The first-order chi connectivity index (χ1) is 5.02. The van der Waals surface area contributed by atoms with E-state index in [9.17, 15) is 0 Å². The normalized spacial score (nSPS) is 11.6. The van der Waals surface area contributed by atoms with Crippen LogP contribution in [0, 0.1) is 3.57 Å². The molecule has 0 saturated heterocycles. The van der Waals surface area contributed by atoms with Gasteiger partial charge in [0, 0.05) is 9.13 Å². The van der Waals surface area contributed by atoms with Crippen LogP contribution in [0.25, 0.3) is 0 Å². The topological polar surface area (TPSA) is 0 Å². The molecule has 0 amide bonds. The molecule has 0 aliphatic heterocycles. The van der Waals surface area contributed by atoms with Gasteiger partial charge in [-0.1, -0.05) is 18.2 Å². The van der Waals surface area contributed by atoms with E-state index in [0.717, 1.165) is 0 Å². The molecule has 0 aliphatic rings. The fourth-order valence-corrected chi connectivity index (χ4v) is 4.44. The van der Waals surface area contributed by atoms with E-state index in [1.54, 1.807) is 0 Å². The first kappa shape index (κ1) is 11.2. The maximum Gasteiger partial charge on any atom is 0.150 e. The molecule has 11 heavy (non-hydrogen) atoms. The molecule has 0 nitrogen and oxygen atoms in total. The molecule has 0 radical (unpaired) electrons. The van der Waals surface area contributed by atoms with Crippen LogP contribution < -0.4 is 0 Å². The zero-order chi connectivity index (χ0) is 8.48. The van der Waals surface area contributed by atoms with E-state index >= 15 is 0 Å². The SMILES string of the molecule is Ic1ccccc1C(I)(I)I. The lowest BCUT2D eigenvalue weighted by atomic mass is 10.2. The molecule has 0 aromatic heterocycles. The highest BCUT2D eigenvalue weighted by atomic mass is 127. The predicted molar refractivity (Wildman–Crippen MR) is 82.9 cm³/mol. The lowest BCUT2D eigenvalue weighted by Gasteiger charge is -2.14. The minimum absolute atomic E-state index is 0.186. The van der Waals surface area contributed by atoms with E-state index in [4.69, 9.17) is 0 Å². The monoisotopic (exact) mass is 596 g/mol. The molecule has 1 aromatic carbocycles. The van der Waals surface area contributed by atoms with E-state index in [1.807, 2.05) is 0 Å². The molecule has 1 rings (SSSR count). The largest absolute Gasteiger partial charge is 0.150 e. The fraction of sp³-hybridized carbons (Fsp3) is 0.143. The number of alkyl halides is 3. The highest BCUT2D eigenvalue weighted by Gasteiger charge is 2.22. The van der Waals surface area contributed by atoms with E-state index in [-0.39, 0.29) is -0.565 Å². The molecule has 0 heterocycles. The highest BCUT2D eigenvalue weighted by Crippen LogP contribution is 2.47. The minimum atomic E-state index is 0.186. The van der Waals surface area contributed by atoms with Gasteiger partial charge >= 0.3 is 0 Å². The summed E-state index contributed by atoms with van der Waals surface area (Å²) in [5, 5.41) is 0. The Kier molecular flexibility index (Phi) is 4.67. The van der Waals surface area contributed by atoms with Crippen LogP contribution >= 0.6 is 90.4 Å². The van der Waals surface area contributed by atoms with Crippen LogP contribution in [-0.2, 0) is -0.565 Å². The lowest BCUT2D eigenvalue weighted by Crippen LogP contribution is -1.99. The van der Waals surface area contributed by atoms with Gasteiger partial charge in [-0.15, -0.1) is 0 Å². The Labute approximate surface area is 121 Å². The molecular weight excluding hydrogens is 592 g/mol. The Morgan fingerprint density at radius 1 is 1.00 bits per heavy atom. The molecule has 60 valence electrons. The van der Waals surface area contributed by atoms with Gasteiger partial charge in [0.05, 0.1) is 0 Å². The quantitative estimate of drug-likeness (QED) is 0.326. The van der Waals surface area contributed by atoms with E-state index in [0.29, 0.717) is 0 Å². The smallest absolute Gasteiger partial charge is 0.0618 e. The summed E-state index contributed by atoms with van der Waals surface area (Å²) in [6, 6.07) is 8.47. The average Bonchev–Trinajstić information content (AvgIpc) is 1.86. The van der Waals surface area contributed by atoms with Gasteiger partial charge in [0.1, 0.15) is -0.565 Å². The summed E-state index contributed by atoms with van der Waals surface area (Å²) in [4.78, 5) is 0. The summed E-state index contributed by atoms with van der Waals surface area (Å²) in [5.41, 5.74) is 1.39. The second-order valence-electron chi connectivity index (χ2n) is 1.98. The van der Waals surface area contributed by atoms with Gasteiger partial charge in [0.2, 0.25) is 0 Å². The van der Waals surface area contributed by atoms with Crippen molar-refractivity contribution in [2.24, 2.45) is 0 Å². The van der Waals surface area contributed by atoms with Crippen molar-refractivity contribution in [2.75, 3.05) is 0 Å². The summed E-state index contributed by atoms with van der Waals surface area (Å²) in [5.74, 6) is 0.